The van der Waals surface area contributed by atoms with Crippen LogP contribution in [0.2, 0.25) is 0 Å². The Bertz CT molecular complexity index is 472. The Hall–Kier alpha value is -1.58. The van der Waals surface area contributed by atoms with Crippen molar-refractivity contribution in [1.82, 2.24) is 9.88 Å². The van der Waals surface area contributed by atoms with Crippen molar-refractivity contribution in [3.63, 3.8) is 0 Å². The van der Waals surface area contributed by atoms with Crippen molar-refractivity contribution < 1.29 is 4.79 Å². The Morgan fingerprint density at radius 3 is 2.79 bits per heavy atom. The van der Waals surface area contributed by atoms with E-state index >= 15 is 0 Å². The molecule has 2 unspecified atom stereocenters. The number of anilines is 1. The predicted octanol–water partition coefficient (Wildman–Crippen LogP) is 2.69. The second kappa shape index (κ2) is 5.59. The molecular formula is C15H23N3O. The standard InChI is InChI=1S/C15H23N3O/c1-10-5-6-12(3)18(9-10)15(19)13-7-11(2)17-14(8-13)16-4/h7-8,10,12H,5-6,9H2,1-4H3,(H,16,17). The topological polar surface area (TPSA) is 45.2 Å². The number of piperidine rings is 1. The van der Waals surface area contributed by atoms with E-state index in [4.69, 9.17) is 0 Å². The van der Waals surface area contributed by atoms with Crippen molar-refractivity contribution in [2.75, 3.05) is 18.9 Å². The van der Waals surface area contributed by atoms with Crippen molar-refractivity contribution in [2.45, 2.75) is 39.7 Å². The number of aromatic nitrogens is 1. The van der Waals surface area contributed by atoms with Crippen LogP contribution in [0.3, 0.4) is 0 Å². The Kier molecular flexibility index (Phi) is 4.08. The van der Waals surface area contributed by atoms with Crippen LogP contribution in [-0.4, -0.2) is 35.4 Å². The number of hydrogen-bond donors (Lipinski definition) is 1. The highest BCUT2D eigenvalue weighted by molar-refractivity contribution is 5.95. The fourth-order valence-corrected chi connectivity index (χ4v) is 2.66. The minimum absolute atomic E-state index is 0.126. The molecule has 2 atom stereocenters. The molecule has 1 aliphatic heterocycles. The summed E-state index contributed by atoms with van der Waals surface area (Å²) < 4.78 is 0. The third-order valence-corrected chi connectivity index (χ3v) is 3.84. The number of likely N-dealkylation sites (tertiary alicyclic amines) is 1. The first-order valence-corrected chi connectivity index (χ1v) is 6.98. The number of carbonyl (C=O) groups is 1. The van der Waals surface area contributed by atoms with E-state index in [2.05, 4.69) is 24.1 Å². The van der Waals surface area contributed by atoms with Gasteiger partial charge in [-0.15, -0.1) is 0 Å². The van der Waals surface area contributed by atoms with Crippen LogP contribution in [-0.2, 0) is 0 Å². The third kappa shape index (κ3) is 3.06. The summed E-state index contributed by atoms with van der Waals surface area (Å²) in [6.45, 7) is 7.12. The van der Waals surface area contributed by atoms with Gasteiger partial charge in [-0.2, -0.15) is 0 Å². The van der Waals surface area contributed by atoms with Crippen LogP contribution in [0.4, 0.5) is 5.82 Å². The van der Waals surface area contributed by atoms with Crippen LogP contribution in [0, 0.1) is 12.8 Å². The Balaban J connectivity index is 2.25. The van der Waals surface area contributed by atoms with Gasteiger partial charge in [-0.1, -0.05) is 6.92 Å². The van der Waals surface area contributed by atoms with Gasteiger partial charge in [0.05, 0.1) is 0 Å². The van der Waals surface area contributed by atoms with E-state index in [9.17, 15) is 4.79 Å². The second-order valence-corrected chi connectivity index (χ2v) is 5.62. The van der Waals surface area contributed by atoms with Crippen LogP contribution >= 0.6 is 0 Å². The van der Waals surface area contributed by atoms with E-state index in [-0.39, 0.29) is 5.91 Å². The van der Waals surface area contributed by atoms with Gasteiger partial charge in [0.25, 0.3) is 5.91 Å². The Morgan fingerprint density at radius 2 is 2.11 bits per heavy atom. The Morgan fingerprint density at radius 1 is 1.37 bits per heavy atom. The van der Waals surface area contributed by atoms with Crippen molar-refractivity contribution in [1.29, 1.82) is 0 Å². The summed E-state index contributed by atoms with van der Waals surface area (Å²) in [6, 6.07) is 4.03. The largest absolute Gasteiger partial charge is 0.373 e. The highest BCUT2D eigenvalue weighted by atomic mass is 16.2. The first-order valence-electron chi connectivity index (χ1n) is 6.98. The number of amides is 1. The maximum atomic E-state index is 12.6. The minimum atomic E-state index is 0.126. The molecule has 0 bridgehead atoms. The first kappa shape index (κ1) is 13.8. The predicted molar refractivity (Wildman–Crippen MR) is 77.4 cm³/mol. The molecule has 4 nitrogen and oxygen atoms in total. The number of rotatable bonds is 2. The van der Waals surface area contributed by atoms with Gasteiger partial charge in [0.15, 0.2) is 0 Å². The molecule has 1 saturated heterocycles. The lowest BCUT2D eigenvalue weighted by molar-refractivity contribution is 0.0574. The zero-order valence-electron chi connectivity index (χ0n) is 12.2. The molecule has 0 aromatic carbocycles. The molecule has 2 rings (SSSR count). The van der Waals surface area contributed by atoms with E-state index in [1.807, 2.05) is 31.0 Å². The monoisotopic (exact) mass is 261 g/mol. The molecule has 0 spiro atoms. The molecule has 1 fully saturated rings. The highest BCUT2D eigenvalue weighted by Gasteiger charge is 2.27. The van der Waals surface area contributed by atoms with Crippen molar-refractivity contribution in [2.24, 2.45) is 5.92 Å². The number of nitrogens with one attached hydrogen (secondary N) is 1. The van der Waals surface area contributed by atoms with Crippen LogP contribution in [0.25, 0.3) is 0 Å². The van der Waals surface area contributed by atoms with Gasteiger partial charge >= 0.3 is 0 Å². The molecular weight excluding hydrogens is 238 g/mol. The fraction of sp³-hybridized carbons (Fsp3) is 0.600. The summed E-state index contributed by atoms with van der Waals surface area (Å²) in [5.41, 5.74) is 1.60. The number of pyridine rings is 1. The van der Waals surface area contributed by atoms with Gasteiger partial charge in [-0.05, 0) is 44.7 Å². The molecule has 1 aliphatic rings. The molecule has 1 N–H and O–H groups in total. The van der Waals surface area contributed by atoms with Gasteiger partial charge in [0.1, 0.15) is 5.82 Å². The smallest absolute Gasteiger partial charge is 0.254 e. The summed E-state index contributed by atoms with van der Waals surface area (Å²) in [5, 5.41) is 3.00. The van der Waals surface area contributed by atoms with Gasteiger partial charge < -0.3 is 10.2 Å². The molecule has 4 heteroatoms. The van der Waals surface area contributed by atoms with Crippen LogP contribution < -0.4 is 5.32 Å². The lowest BCUT2D eigenvalue weighted by Gasteiger charge is -2.37. The van der Waals surface area contributed by atoms with Crippen molar-refractivity contribution in [3.05, 3.63) is 23.4 Å². The quantitative estimate of drug-likeness (QED) is 0.890. The van der Waals surface area contributed by atoms with Gasteiger partial charge in [0.2, 0.25) is 0 Å². The number of nitrogens with zero attached hydrogens (tertiary/aromatic N) is 2. The first-order chi connectivity index (χ1) is 9.01. The van der Waals surface area contributed by atoms with E-state index < -0.39 is 0 Å². The summed E-state index contributed by atoms with van der Waals surface area (Å²) in [5.74, 6) is 1.47. The lowest BCUT2D eigenvalue weighted by atomic mass is 9.94. The summed E-state index contributed by atoms with van der Waals surface area (Å²) in [4.78, 5) is 19.0. The minimum Gasteiger partial charge on any atom is -0.373 e. The zero-order valence-corrected chi connectivity index (χ0v) is 12.2. The van der Waals surface area contributed by atoms with Crippen molar-refractivity contribution >= 4 is 11.7 Å². The Labute approximate surface area is 115 Å². The molecule has 19 heavy (non-hydrogen) atoms. The molecule has 1 aromatic heterocycles. The van der Waals surface area contributed by atoms with Crippen LogP contribution in [0.15, 0.2) is 12.1 Å². The highest BCUT2D eigenvalue weighted by Crippen LogP contribution is 2.24. The van der Waals surface area contributed by atoms with E-state index in [1.54, 1.807) is 0 Å². The molecule has 0 aliphatic carbocycles. The van der Waals surface area contributed by atoms with Crippen molar-refractivity contribution in [3.8, 4) is 0 Å². The summed E-state index contributed by atoms with van der Waals surface area (Å²) >= 11 is 0. The van der Waals surface area contributed by atoms with Gasteiger partial charge in [0, 0.05) is 30.9 Å². The molecule has 2 heterocycles. The van der Waals surface area contributed by atoms with Gasteiger partial charge in [-0.25, -0.2) is 4.98 Å². The number of carbonyl (C=O) groups excluding carboxylic acids is 1. The molecule has 1 aromatic rings. The normalized spacial score (nSPS) is 23.3. The second-order valence-electron chi connectivity index (χ2n) is 5.62. The maximum absolute atomic E-state index is 12.6. The average Bonchev–Trinajstić information content (AvgIpc) is 2.40. The third-order valence-electron chi connectivity index (χ3n) is 3.84. The molecule has 0 saturated carbocycles. The lowest BCUT2D eigenvalue weighted by Crippen LogP contribution is -2.45. The average molecular weight is 261 g/mol. The van der Waals surface area contributed by atoms with Crippen LogP contribution in [0.1, 0.15) is 42.7 Å². The SMILES string of the molecule is CNc1cc(C(=O)N2CC(C)CCC2C)cc(C)n1. The molecule has 1 amide bonds. The molecule has 104 valence electrons. The zero-order chi connectivity index (χ0) is 14.0. The number of aryl methyl sites for hydroxylation is 1. The van der Waals surface area contributed by atoms with Gasteiger partial charge in [-0.3, -0.25) is 4.79 Å². The fourth-order valence-electron chi connectivity index (χ4n) is 2.66. The van der Waals surface area contributed by atoms with E-state index in [1.165, 1.54) is 6.42 Å². The summed E-state index contributed by atoms with van der Waals surface area (Å²) in [6.07, 6.45) is 2.30. The molecule has 0 radical (unpaired) electrons. The maximum Gasteiger partial charge on any atom is 0.254 e. The summed E-state index contributed by atoms with van der Waals surface area (Å²) in [7, 11) is 1.82. The van der Waals surface area contributed by atoms with E-state index in [0.717, 1.165) is 30.0 Å². The van der Waals surface area contributed by atoms with E-state index in [0.29, 0.717) is 12.0 Å². The van der Waals surface area contributed by atoms with Crippen LogP contribution in [0.5, 0.6) is 0 Å². The number of hydrogen-bond acceptors (Lipinski definition) is 3.